The second-order valence-corrected chi connectivity index (χ2v) is 9.76. The largest absolute Gasteiger partial charge is 0.497 e. The summed E-state index contributed by atoms with van der Waals surface area (Å²) in [6, 6.07) is 17.9. The minimum atomic E-state index is -0.288. The number of methoxy groups -OCH3 is 2. The van der Waals surface area contributed by atoms with Crippen LogP contribution in [-0.4, -0.2) is 54.3 Å². The van der Waals surface area contributed by atoms with E-state index in [9.17, 15) is 4.79 Å². The van der Waals surface area contributed by atoms with Gasteiger partial charge in [0.05, 0.1) is 18.8 Å². The van der Waals surface area contributed by atoms with E-state index in [4.69, 9.17) is 20.2 Å². The zero-order chi connectivity index (χ0) is 25.4. The molecule has 0 spiro atoms. The van der Waals surface area contributed by atoms with Gasteiger partial charge in [0.15, 0.2) is 0 Å². The number of nitrogens with zero attached hydrogens (tertiary/aromatic N) is 3. The Bertz CT molecular complexity index is 1090. The zero-order valence-corrected chi connectivity index (χ0v) is 21.5. The number of ether oxygens (including phenoxy) is 2. The average molecular weight is 479 g/mol. The first kappa shape index (κ1) is 26.4. The molecule has 1 amide bonds. The van der Waals surface area contributed by atoms with E-state index >= 15 is 0 Å². The predicted molar refractivity (Wildman–Crippen MR) is 139 cm³/mol. The number of aromatic nitrogens is 2. The van der Waals surface area contributed by atoms with E-state index in [1.807, 2.05) is 41.3 Å². The predicted octanol–water partition coefficient (Wildman–Crippen LogP) is 4.52. The van der Waals surface area contributed by atoms with E-state index in [2.05, 4.69) is 49.7 Å². The van der Waals surface area contributed by atoms with Gasteiger partial charge in [-0.25, -0.2) is 4.98 Å². The molecule has 0 aliphatic carbocycles. The molecule has 1 unspecified atom stereocenters. The van der Waals surface area contributed by atoms with Crippen LogP contribution in [-0.2, 0) is 16.1 Å². The summed E-state index contributed by atoms with van der Waals surface area (Å²) in [5.74, 6) is 1.57. The molecule has 0 fully saturated rings. The van der Waals surface area contributed by atoms with Gasteiger partial charge in [-0.15, -0.1) is 0 Å². The van der Waals surface area contributed by atoms with E-state index in [0.29, 0.717) is 26.1 Å². The molecule has 2 aromatic carbocycles. The highest BCUT2D eigenvalue weighted by Crippen LogP contribution is 2.39. The van der Waals surface area contributed by atoms with Crippen molar-refractivity contribution in [2.75, 3.05) is 33.9 Å². The lowest BCUT2D eigenvalue weighted by atomic mass is 9.84. The lowest BCUT2D eigenvalue weighted by Gasteiger charge is -2.40. The summed E-state index contributed by atoms with van der Waals surface area (Å²) >= 11 is 0. The third-order valence-corrected chi connectivity index (χ3v) is 5.93. The van der Waals surface area contributed by atoms with E-state index in [-0.39, 0.29) is 24.0 Å². The van der Waals surface area contributed by atoms with Crippen LogP contribution in [0.15, 0.2) is 60.8 Å². The number of hydrogen-bond acceptors (Lipinski definition) is 5. The summed E-state index contributed by atoms with van der Waals surface area (Å²) in [5.41, 5.74) is 8.54. The number of hydrogen-bond donors (Lipinski definition) is 1. The number of benzene rings is 2. The lowest BCUT2D eigenvalue weighted by Crippen LogP contribution is -2.45. The SMILES string of the molecule is COCC(=O)N(CCCN)C(c1nc(-c2ccccc2)cn1Cc1cccc(OC)c1)C(C)(C)C. The van der Waals surface area contributed by atoms with Crippen LogP contribution in [0.1, 0.15) is 44.6 Å². The van der Waals surface area contributed by atoms with Crippen LogP contribution in [0, 0.1) is 5.41 Å². The smallest absolute Gasteiger partial charge is 0.249 e. The molecule has 1 heterocycles. The molecule has 2 N–H and O–H groups in total. The van der Waals surface area contributed by atoms with Crippen LogP contribution in [0.5, 0.6) is 5.75 Å². The number of carbonyl (C=O) groups excluding carboxylic acids is 1. The maximum absolute atomic E-state index is 13.2. The van der Waals surface area contributed by atoms with Crippen molar-refractivity contribution in [2.45, 2.75) is 39.8 Å². The van der Waals surface area contributed by atoms with Crippen molar-refractivity contribution in [2.24, 2.45) is 11.1 Å². The first-order chi connectivity index (χ1) is 16.8. The van der Waals surface area contributed by atoms with Crippen LogP contribution in [0.2, 0.25) is 0 Å². The van der Waals surface area contributed by atoms with Gasteiger partial charge in [0.25, 0.3) is 0 Å². The van der Waals surface area contributed by atoms with Gasteiger partial charge in [-0.05, 0) is 36.1 Å². The fraction of sp³-hybridized carbons (Fsp3) is 0.429. The van der Waals surface area contributed by atoms with Gasteiger partial charge in [-0.3, -0.25) is 4.79 Å². The fourth-order valence-electron chi connectivity index (χ4n) is 4.35. The van der Waals surface area contributed by atoms with E-state index < -0.39 is 0 Å². The molecule has 1 atom stereocenters. The average Bonchev–Trinajstić information content (AvgIpc) is 3.24. The van der Waals surface area contributed by atoms with Gasteiger partial charge in [-0.1, -0.05) is 63.2 Å². The topological polar surface area (TPSA) is 82.6 Å². The maximum Gasteiger partial charge on any atom is 0.249 e. The molecule has 7 nitrogen and oxygen atoms in total. The second-order valence-electron chi connectivity index (χ2n) is 9.76. The highest BCUT2D eigenvalue weighted by molar-refractivity contribution is 5.78. The Hall–Kier alpha value is -3.16. The van der Waals surface area contributed by atoms with Gasteiger partial charge in [0.2, 0.25) is 5.91 Å². The number of imidazole rings is 1. The van der Waals surface area contributed by atoms with Crippen molar-refractivity contribution in [1.29, 1.82) is 0 Å². The monoisotopic (exact) mass is 478 g/mol. The molecule has 0 saturated heterocycles. The molecule has 35 heavy (non-hydrogen) atoms. The van der Waals surface area contributed by atoms with Crippen LogP contribution >= 0.6 is 0 Å². The van der Waals surface area contributed by atoms with E-state index in [0.717, 1.165) is 28.4 Å². The van der Waals surface area contributed by atoms with Crippen molar-refractivity contribution < 1.29 is 14.3 Å². The van der Waals surface area contributed by atoms with Crippen LogP contribution in [0.3, 0.4) is 0 Å². The van der Waals surface area contributed by atoms with Gasteiger partial charge in [-0.2, -0.15) is 0 Å². The standard InChI is InChI=1S/C28H38N4O3/c1-28(2,3)26(32(16-10-15-29)25(33)20-34-4)27-30-24(22-12-7-6-8-13-22)19-31(27)18-21-11-9-14-23(17-21)35-5/h6-9,11-14,17,19,26H,10,15-16,18,20,29H2,1-5H3. The molecular formula is C28H38N4O3. The Morgan fingerprint density at radius 1 is 1.11 bits per heavy atom. The normalized spacial score (nSPS) is 12.4. The fourth-order valence-corrected chi connectivity index (χ4v) is 4.35. The van der Waals surface area contributed by atoms with Gasteiger partial charge >= 0.3 is 0 Å². The second kappa shape index (κ2) is 12.0. The molecule has 3 rings (SSSR count). The van der Waals surface area contributed by atoms with Crippen molar-refractivity contribution in [1.82, 2.24) is 14.5 Å². The summed E-state index contributed by atoms with van der Waals surface area (Å²) in [7, 11) is 3.21. The van der Waals surface area contributed by atoms with Crippen molar-refractivity contribution in [3.05, 3.63) is 72.2 Å². The maximum atomic E-state index is 13.2. The molecule has 0 saturated carbocycles. The van der Waals surface area contributed by atoms with Gasteiger partial charge in [0.1, 0.15) is 18.2 Å². The summed E-state index contributed by atoms with van der Waals surface area (Å²) < 4.78 is 12.8. The molecule has 3 aromatic rings. The van der Waals surface area contributed by atoms with Crippen LogP contribution < -0.4 is 10.5 Å². The number of amides is 1. The Kier molecular flexibility index (Phi) is 9.07. The zero-order valence-electron chi connectivity index (χ0n) is 21.5. The lowest BCUT2D eigenvalue weighted by molar-refractivity contribution is -0.140. The van der Waals surface area contributed by atoms with Crippen molar-refractivity contribution in [3.8, 4) is 17.0 Å². The third-order valence-electron chi connectivity index (χ3n) is 5.93. The first-order valence-corrected chi connectivity index (χ1v) is 12.0. The molecule has 188 valence electrons. The molecule has 0 aliphatic rings. The van der Waals surface area contributed by atoms with Crippen molar-refractivity contribution >= 4 is 5.91 Å². The summed E-state index contributed by atoms with van der Waals surface area (Å²) in [5, 5.41) is 0. The molecule has 1 aromatic heterocycles. The minimum absolute atomic E-state index is 0.0132. The Balaban J connectivity index is 2.15. The third kappa shape index (κ3) is 6.71. The molecular weight excluding hydrogens is 440 g/mol. The summed E-state index contributed by atoms with van der Waals surface area (Å²) in [6.45, 7) is 8.07. The summed E-state index contributed by atoms with van der Waals surface area (Å²) in [6.07, 6.45) is 2.77. The van der Waals surface area contributed by atoms with E-state index in [1.54, 1.807) is 14.2 Å². The number of rotatable bonds is 11. The number of nitrogens with two attached hydrogens (primary N) is 1. The highest BCUT2D eigenvalue weighted by atomic mass is 16.5. The van der Waals surface area contributed by atoms with E-state index in [1.165, 1.54) is 0 Å². The molecule has 7 heteroatoms. The molecule has 0 bridgehead atoms. The Morgan fingerprint density at radius 3 is 2.49 bits per heavy atom. The minimum Gasteiger partial charge on any atom is -0.497 e. The molecule has 0 radical (unpaired) electrons. The molecule has 0 aliphatic heterocycles. The van der Waals surface area contributed by atoms with Crippen LogP contribution in [0.4, 0.5) is 0 Å². The highest BCUT2D eigenvalue weighted by Gasteiger charge is 2.38. The first-order valence-electron chi connectivity index (χ1n) is 12.0. The summed E-state index contributed by atoms with van der Waals surface area (Å²) in [4.78, 5) is 20.3. The number of carbonyl (C=O) groups is 1. The Morgan fingerprint density at radius 2 is 1.86 bits per heavy atom. The van der Waals surface area contributed by atoms with Gasteiger partial charge in [0, 0.05) is 32.0 Å². The van der Waals surface area contributed by atoms with Crippen molar-refractivity contribution in [3.63, 3.8) is 0 Å². The van der Waals surface area contributed by atoms with Gasteiger partial charge < -0.3 is 24.7 Å². The quantitative estimate of drug-likeness (QED) is 0.438. The van der Waals surface area contributed by atoms with Crippen LogP contribution in [0.25, 0.3) is 11.3 Å². The Labute approximate surface area is 208 Å².